The molecule has 0 radical (unpaired) electrons. The van der Waals surface area contributed by atoms with Crippen LogP contribution >= 0.6 is 11.6 Å². The zero-order valence-electron chi connectivity index (χ0n) is 15.1. The molecule has 0 saturated heterocycles. The minimum absolute atomic E-state index is 0.0923. The molecule has 2 N–H and O–H groups in total. The van der Waals surface area contributed by atoms with Gasteiger partial charge >= 0.3 is 0 Å². The van der Waals surface area contributed by atoms with E-state index in [4.69, 9.17) is 16.3 Å². The van der Waals surface area contributed by atoms with Gasteiger partial charge < -0.3 is 15.3 Å². The van der Waals surface area contributed by atoms with Gasteiger partial charge in [-0.15, -0.1) is 0 Å². The average Bonchev–Trinajstić information content (AvgIpc) is 2.70. The second kappa shape index (κ2) is 8.38. The molecular formula is C19H16ClN3O5S. The van der Waals surface area contributed by atoms with Crippen molar-refractivity contribution in [1.82, 2.24) is 0 Å². The minimum Gasteiger partial charge on any atom is -0.619 e. The third-order valence-electron chi connectivity index (χ3n) is 3.89. The van der Waals surface area contributed by atoms with Crippen molar-refractivity contribution in [3.05, 3.63) is 82.8 Å². The van der Waals surface area contributed by atoms with Crippen molar-refractivity contribution in [2.24, 2.45) is 0 Å². The zero-order chi connectivity index (χ0) is 21.0. The molecule has 0 atom stereocenters. The number of halogens is 1. The lowest BCUT2D eigenvalue weighted by Gasteiger charge is -2.14. The maximum absolute atomic E-state index is 12.9. The molecule has 1 aromatic heterocycles. The minimum atomic E-state index is -4.06. The summed E-state index contributed by atoms with van der Waals surface area (Å²) in [6.45, 7) is 0. The van der Waals surface area contributed by atoms with Gasteiger partial charge in [0.1, 0.15) is 10.6 Å². The second-order valence-corrected chi connectivity index (χ2v) is 7.91. The molecular weight excluding hydrogens is 418 g/mol. The third kappa shape index (κ3) is 4.76. The number of aromatic nitrogens is 1. The molecule has 0 aliphatic carbocycles. The normalized spacial score (nSPS) is 11.0. The summed E-state index contributed by atoms with van der Waals surface area (Å²) in [6.07, 6.45) is 2.37. The van der Waals surface area contributed by atoms with Crippen LogP contribution in [-0.2, 0) is 10.0 Å². The van der Waals surface area contributed by atoms with Crippen molar-refractivity contribution in [3.8, 4) is 5.75 Å². The van der Waals surface area contributed by atoms with Gasteiger partial charge in [-0.1, -0.05) is 23.7 Å². The third-order valence-corrected chi connectivity index (χ3v) is 5.61. The Morgan fingerprint density at radius 3 is 2.45 bits per heavy atom. The van der Waals surface area contributed by atoms with Gasteiger partial charge in [0.15, 0.2) is 12.4 Å². The highest BCUT2D eigenvalue weighted by Crippen LogP contribution is 2.30. The molecule has 0 aliphatic heterocycles. The van der Waals surface area contributed by atoms with Gasteiger partial charge in [-0.05, 0) is 30.3 Å². The van der Waals surface area contributed by atoms with Crippen molar-refractivity contribution >= 4 is 38.9 Å². The number of rotatable bonds is 6. The Morgan fingerprint density at radius 1 is 1.10 bits per heavy atom. The van der Waals surface area contributed by atoms with Crippen molar-refractivity contribution in [2.45, 2.75) is 4.90 Å². The standard InChI is InChI=1S/C19H16ClN3O5S/c1-28-17-7-6-14(21-19(24)13-8-10-23(25)11-9-13)12-18(17)29(26,27)22-16-5-3-2-4-15(16)20/h2-12,22H,1H3,(H,21,24). The van der Waals surface area contributed by atoms with E-state index < -0.39 is 15.9 Å². The molecule has 0 fully saturated rings. The highest BCUT2D eigenvalue weighted by molar-refractivity contribution is 7.92. The van der Waals surface area contributed by atoms with Gasteiger partial charge in [0.05, 0.1) is 23.4 Å². The van der Waals surface area contributed by atoms with Gasteiger partial charge in [-0.2, -0.15) is 4.73 Å². The summed E-state index contributed by atoms with van der Waals surface area (Å²) in [7, 11) is -2.72. The predicted molar refractivity (Wildman–Crippen MR) is 109 cm³/mol. The van der Waals surface area contributed by atoms with Gasteiger partial charge in [0.2, 0.25) is 0 Å². The van der Waals surface area contributed by atoms with Crippen LogP contribution in [0.1, 0.15) is 10.4 Å². The van der Waals surface area contributed by atoms with Crippen LogP contribution in [0.5, 0.6) is 5.75 Å². The number of carbonyl (C=O) groups is 1. The topological polar surface area (TPSA) is 111 Å². The molecule has 3 aromatic rings. The van der Waals surface area contributed by atoms with Crippen LogP contribution in [0, 0.1) is 5.21 Å². The van der Waals surface area contributed by atoms with Crippen LogP contribution in [0.25, 0.3) is 0 Å². The van der Waals surface area contributed by atoms with E-state index >= 15 is 0 Å². The predicted octanol–water partition coefficient (Wildman–Crippen LogP) is 3.04. The van der Waals surface area contributed by atoms with Crippen molar-refractivity contribution < 1.29 is 22.7 Å². The van der Waals surface area contributed by atoms with Crippen LogP contribution in [0.4, 0.5) is 11.4 Å². The van der Waals surface area contributed by atoms with E-state index in [0.717, 1.165) is 0 Å². The molecule has 1 amide bonds. The molecule has 2 aromatic carbocycles. The fraction of sp³-hybridized carbons (Fsp3) is 0.0526. The summed E-state index contributed by atoms with van der Waals surface area (Å²) in [5.74, 6) is -0.409. The number of hydrogen-bond donors (Lipinski definition) is 2. The Labute approximate surface area is 172 Å². The van der Waals surface area contributed by atoms with E-state index in [-0.39, 0.29) is 32.6 Å². The van der Waals surface area contributed by atoms with E-state index in [1.165, 1.54) is 55.9 Å². The van der Waals surface area contributed by atoms with E-state index in [2.05, 4.69) is 10.0 Å². The molecule has 3 rings (SSSR count). The van der Waals surface area contributed by atoms with Crippen LogP contribution in [-0.4, -0.2) is 21.4 Å². The number of benzene rings is 2. The summed E-state index contributed by atoms with van der Waals surface area (Å²) in [6, 6.07) is 13.3. The van der Waals surface area contributed by atoms with Crippen LogP contribution < -0.4 is 19.5 Å². The number of anilines is 2. The highest BCUT2D eigenvalue weighted by Gasteiger charge is 2.22. The quantitative estimate of drug-likeness (QED) is 0.458. The highest BCUT2D eigenvalue weighted by atomic mass is 35.5. The van der Waals surface area contributed by atoms with E-state index in [1.807, 2.05) is 0 Å². The summed E-state index contributed by atoms with van der Waals surface area (Å²) in [5, 5.41) is 13.9. The zero-order valence-corrected chi connectivity index (χ0v) is 16.7. The number of nitrogens with zero attached hydrogens (tertiary/aromatic N) is 1. The molecule has 1 heterocycles. The van der Waals surface area contributed by atoms with E-state index in [9.17, 15) is 18.4 Å². The SMILES string of the molecule is COc1ccc(NC(=O)c2cc[n+]([O-])cc2)cc1S(=O)(=O)Nc1ccccc1Cl. The number of para-hydroxylation sites is 1. The molecule has 29 heavy (non-hydrogen) atoms. The molecule has 0 aliphatic rings. The second-order valence-electron chi connectivity index (χ2n) is 5.85. The largest absolute Gasteiger partial charge is 0.619 e. The number of amides is 1. The maximum atomic E-state index is 12.9. The molecule has 0 unspecified atom stereocenters. The Bertz CT molecular complexity index is 1150. The fourth-order valence-corrected chi connectivity index (χ4v) is 3.99. The molecule has 8 nitrogen and oxygen atoms in total. The smallest absolute Gasteiger partial charge is 0.265 e. The summed E-state index contributed by atoms with van der Waals surface area (Å²) in [4.78, 5) is 12.2. The number of sulfonamides is 1. The number of ether oxygens (including phenoxy) is 1. The summed E-state index contributed by atoms with van der Waals surface area (Å²) >= 11 is 6.03. The van der Waals surface area contributed by atoms with Crippen LogP contribution in [0.2, 0.25) is 5.02 Å². The lowest BCUT2D eigenvalue weighted by Crippen LogP contribution is -2.25. The first-order chi connectivity index (χ1) is 13.8. The molecule has 150 valence electrons. The Hall–Kier alpha value is -3.30. The van der Waals surface area contributed by atoms with Gasteiger partial charge in [0.25, 0.3) is 15.9 Å². The summed E-state index contributed by atoms with van der Waals surface area (Å²) in [5.41, 5.74) is 0.682. The monoisotopic (exact) mass is 433 g/mol. The molecule has 10 heteroatoms. The Kier molecular flexibility index (Phi) is 5.90. The van der Waals surface area contributed by atoms with Crippen LogP contribution in [0.3, 0.4) is 0 Å². The first kappa shape index (κ1) is 20.4. The van der Waals surface area contributed by atoms with E-state index in [1.54, 1.807) is 18.2 Å². The van der Waals surface area contributed by atoms with E-state index in [0.29, 0.717) is 4.73 Å². The maximum Gasteiger partial charge on any atom is 0.265 e. The van der Waals surface area contributed by atoms with Gasteiger partial charge in [-0.25, -0.2) is 8.42 Å². The first-order valence-electron chi connectivity index (χ1n) is 8.26. The first-order valence-corrected chi connectivity index (χ1v) is 10.1. The Balaban J connectivity index is 1.91. The molecule has 0 saturated carbocycles. The van der Waals surface area contributed by atoms with Crippen LogP contribution in [0.15, 0.2) is 71.9 Å². The average molecular weight is 434 g/mol. The lowest BCUT2D eigenvalue weighted by molar-refractivity contribution is -0.605. The molecule has 0 spiro atoms. The number of carbonyl (C=O) groups excluding carboxylic acids is 1. The number of methoxy groups -OCH3 is 1. The van der Waals surface area contributed by atoms with Crippen molar-refractivity contribution in [1.29, 1.82) is 0 Å². The fourth-order valence-electron chi connectivity index (χ4n) is 2.48. The lowest BCUT2D eigenvalue weighted by atomic mass is 10.2. The van der Waals surface area contributed by atoms with Gasteiger partial charge in [0, 0.05) is 17.8 Å². The number of hydrogen-bond acceptors (Lipinski definition) is 5. The number of pyridine rings is 1. The van der Waals surface area contributed by atoms with Gasteiger partial charge in [-0.3, -0.25) is 9.52 Å². The van der Waals surface area contributed by atoms with Crippen molar-refractivity contribution in [3.63, 3.8) is 0 Å². The molecule has 0 bridgehead atoms. The summed E-state index contributed by atoms with van der Waals surface area (Å²) < 4.78 is 33.9. The Morgan fingerprint density at radius 2 is 1.79 bits per heavy atom. The number of nitrogens with one attached hydrogen (secondary N) is 2. The van der Waals surface area contributed by atoms with Crippen molar-refractivity contribution in [2.75, 3.05) is 17.1 Å².